The largest absolute Gasteiger partial charge is 0.249 e. The second kappa shape index (κ2) is 6.48. The molecular weight excluding hydrogens is 304 g/mol. The third kappa shape index (κ3) is 3.03. The van der Waals surface area contributed by atoms with E-state index in [0.717, 1.165) is 28.0 Å². The van der Waals surface area contributed by atoms with Crippen molar-refractivity contribution in [2.45, 2.75) is 19.8 Å². The number of rotatable bonds is 3. The van der Waals surface area contributed by atoms with Crippen molar-refractivity contribution in [2.75, 3.05) is 0 Å². The molecule has 0 atom stereocenters. The van der Waals surface area contributed by atoms with Gasteiger partial charge in [0.15, 0.2) is 0 Å². The van der Waals surface area contributed by atoms with Crippen LogP contribution in [0.4, 0.5) is 0 Å². The van der Waals surface area contributed by atoms with Gasteiger partial charge in [-0.1, -0.05) is 80.6 Å². The number of aromatic nitrogens is 2. The maximum Gasteiger partial charge on any atom is 0.0927 e. The van der Waals surface area contributed by atoms with Crippen molar-refractivity contribution in [3.63, 3.8) is 0 Å². The molecule has 1 heterocycles. The van der Waals surface area contributed by atoms with Crippen LogP contribution in [0.5, 0.6) is 0 Å². The highest BCUT2D eigenvalue weighted by Gasteiger charge is 2.14. The number of hydrogen-bond donors (Lipinski definition) is 0. The summed E-state index contributed by atoms with van der Waals surface area (Å²) in [5.74, 6) is 0.320. The minimum atomic E-state index is 0.320. The molecule has 0 saturated carbocycles. The van der Waals surface area contributed by atoms with Crippen molar-refractivity contribution in [1.29, 1.82) is 0 Å². The number of hydrogen-bond acceptors (Lipinski definition) is 2. The first kappa shape index (κ1) is 15.5. The molecule has 0 radical (unpaired) electrons. The van der Waals surface area contributed by atoms with E-state index in [1.807, 2.05) is 24.3 Å². The van der Waals surface area contributed by atoms with Crippen LogP contribution >= 0.6 is 0 Å². The summed E-state index contributed by atoms with van der Waals surface area (Å²) < 4.78 is 0. The summed E-state index contributed by atoms with van der Waals surface area (Å²) in [5.41, 5.74) is 7.39. The van der Waals surface area contributed by atoms with E-state index in [1.165, 1.54) is 11.1 Å². The Kier molecular flexibility index (Phi) is 4.02. The maximum atomic E-state index is 4.99. The van der Waals surface area contributed by atoms with Gasteiger partial charge in [0.25, 0.3) is 0 Å². The molecule has 0 aliphatic heterocycles. The molecule has 0 fully saturated rings. The fourth-order valence-corrected chi connectivity index (χ4v) is 3.09. The van der Waals surface area contributed by atoms with Crippen LogP contribution in [0.3, 0.4) is 0 Å². The Morgan fingerprint density at radius 2 is 1.24 bits per heavy atom. The van der Waals surface area contributed by atoms with Gasteiger partial charge in [0, 0.05) is 5.56 Å². The molecule has 0 N–H and O–H groups in total. The SMILES string of the molecule is CC(C)c1nc2ccc(-c3ccccc3)cc2nc1-c1ccccc1. The first-order valence-corrected chi connectivity index (χ1v) is 8.65. The number of fused-ring (bicyclic) bond motifs is 1. The minimum Gasteiger partial charge on any atom is -0.249 e. The molecule has 0 aliphatic rings. The molecule has 0 bridgehead atoms. The van der Waals surface area contributed by atoms with Gasteiger partial charge in [0.1, 0.15) is 0 Å². The molecule has 3 aromatic carbocycles. The Hall–Kier alpha value is -3.00. The normalized spacial score (nSPS) is 11.2. The van der Waals surface area contributed by atoms with Crippen LogP contribution in [0, 0.1) is 0 Å². The van der Waals surface area contributed by atoms with E-state index in [0.29, 0.717) is 5.92 Å². The van der Waals surface area contributed by atoms with Gasteiger partial charge in [-0.05, 0) is 29.2 Å². The summed E-state index contributed by atoms with van der Waals surface area (Å²) in [5, 5.41) is 0. The highest BCUT2D eigenvalue weighted by atomic mass is 14.8. The molecular formula is C23H20N2. The average Bonchev–Trinajstić information content (AvgIpc) is 2.68. The Labute approximate surface area is 148 Å². The molecule has 0 aliphatic carbocycles. The third-order valence-electron chi connectivity index (χ3n) is 4.39. The summed E-state index contributed by atoms with van der Waals surface area (Å²) in [6.07, 6.45) is 0. The molecule has 122 valence electrons. The Bertz CT molecular complexity index is 1010. The zero-order chi connectivity index (χ0) is 17.2. The van der Waals surface area contributed by atoms with Crippen LogP contribution in [0.15, 0.2) is 78.9 Å². The molecule has 0 amide bonds. The van der Waals surface area contributed by atoms with E-state index in [9.17, 15) is 0 Å². The van der Waals surface area contributed by atoms with Gasteiger partial charge >= 0.3 is 0 Å². The van der Waals surface area contributed by atoms with Gasteiger partial charge in [0.05, 0.1) is 22.4 Å². The molecule has 4 rings (SSSR count). The van der Waals surface area contributed by atoms with Gasteiger partial charge in [-0.3, -0.25) is 0 Å². The first-order valence-electron chi connectivity index (χ1n) is 8.65. The lowest BCUT2D eigenvalue weighted by Crippen LogP contribution is -2.01. The molecule has 2 heteroatoms. The van der Waals surface area contributed by atoms with E-state index < -0.39 is 0 Å². The van der Waals surface area contributed by atoms with Gasteiger partial charge in [-0.25, -0.2) is 9.97 Å². The van der Waals surface area contributed by atoms with E-state index in [1.54, 1.807) is 0 Å². The fraction of sp³-hybridized carbons (Fsp3) is 0.130. The Balaban J connectivity index is 1.93. The highest BCUT2D eigenvalue weighted by Crippen LogP contribution is 2.30. The van der Waals surface area contributed by atoms with Crippen molar-refractivity contribution >= 4 is 11.0 Å². The lowest BCUT2D eigenvalue weighted by Gasteiger charge is -2.13. The quantitative estimate of drug-likeness (QED) is 0.456. The van der Waals surface area contributed by atoms with Crippen LogP contribution in [0.25, 0.3) is 33.4 Å². The third-order valence-corrected chi connectivity index (χ3v) is 4.39. The van der Waals surface area contributed by atoms with Crippen molar-refractivity contribution in [2.24, 2.45) is 0 Å². The lowest BCUT2D eigenvalue weighted by molar-refractivity contribution is 0.825. The fourth-order valence-electron chi connectivity index (χ4n) is 3.09. The summed E-state index contributed by atoms with van der Waals surface area (Å²) >= 11 is 0. The van der Waals surface area contributed by atoms with E-state index in [4.69, 9.17) is 9.97 Å². The summed E-state index contributed by atoms with van der Waals surface area (Å²) in [6.45, 7) is 4.33. The zero-order valence-electron chi connectivity index (χ0n) is 14.5. The molecule has 1 aromatic heterocycles. The Morgan fingerprint density at radius 1 is 0.600 bits per heavy atom. The second-order valence-corrected chi connectivity index (χ2v) is 6.55. The van der Waals surface area contributed by atoms with Crippen molar-refractivity contribution in [3.8, 4) is 22.4 Å². The van der Waals surface area contributed by atoms with Crippen molar-refractivity contribution < 1.29 is 0 Å². The topological polar surface area (TPSA) is 25.8 Å². The van der Waals surface area contributed by atoms with E-state index in [2.05, 4.69) is 68.4 Å². The van der Waals surface area contributed by atoms with Gasteiger partial charge in [-0.2, -0.15) is 0 Å². The van der Waals surface area contributed by atoms with Gasteiger partial charge in [-0.15, -0.1) is 0 Å². The predicted molar refractivity (Wildman–Crippen MR) is 104 cm³/mol. The smallest absolute Gasteiger partial charge is 0.0927 e. The van der Waals surface area contributed by atoms with Crippen LogP contribution in [-0.2, 0) is 0 Å². The second-order valence-electron chi connectivity index (χ2n) is 6.55. The standard InChI is InChI=1S/C23H20N2/c1-16(2)22-23(18-11-7-4-8-12-18)25-21-15-19(13-14-20(21)24-22)17-9-5-3-6-10-17/h3-16H,1-2H3. The monoisotopic (exact) mass is 324 g/mol. The summed E-state index contributed by atoms with van der Waals surface area (Å²) in [6, 6.07) is 27.0. The molecule has 0 saturated heterocycles. The first-order chi connectivity index (χ1) is 12.2. The molecule has 25 heavy (non-hydrogen) atoms. The minimum absolute atomic E-state index is 0.320. The van der Waals surface area contributed by atoms with Crippen molar-refractivity contribution in [1.82, 2.24) is 9.97 Å². The summed E-state index contributed by atoms with van der Waals surface area (Å²) in [4.78, 5) is 9.91. The Morgan fingerprint density at radius 3 is 1.88 bits per heavy atom. The molecule has 4 aromatic rings. The number of nitrogens with zero attached hydrogens (tertiary/aromatic N) is 2. The molecule has 2 nitrogen and oxygen atoms in total. The number of benzene rings is 3. The predicted octanol–water partition coefficient (Wildman–Crippen LogP) is 6.09. The van der Waals surface area contributed by atoms with E-state index >= 15 is 0 Å². The van der Waals surface area contributed by atoms with Crippen molar-refractivity contribution in [3.05, 3.63) is 84.6 Å². The highest BCUT2D eigenvalue weighted by molar-refractivity contribution is 5.83. The van der Waals surface area contributed by atoms with Crippen LogP contribution in [0.1, 0.15) is 25.5 Å². The molecule has 0 spiro atoms. The van der Waals surface area contributed by atoms with Crippen LogP contribution in [-0.4, -0.2) is 9.97 Å². The lowest BCUT2D eigenvalue weighted by atomic mass is 10.0. The average molecular weight is 324 g/mol. The maximum absolute atomic E-state index is 4.99. The van der Waals surface area contributed by atoms with Gasteiger partial charge < -0.3 is 0 Å². The zero-order valence-corrected chi connectivity index (χ0v) is 14.5. The van der Waals surface area contributed by atoms with Crippen LogP contribution in [0.2, 0.25) is 0 Å². The van der Waals surface area contributed by atoms with Crippen LogP contribution < -0.4 is 0 Å². The molecule has 0 unspecified atom stereocenters. The van der Waals surface area contributed by atoms with Gasteiger partial charge in [0.2, 0.25) is 0 Å². The van der Waals surface area contributed by atoms with E-state index in [-0.39, 0.29) is 0 Å². The summed E-state index contributed by atoms with van der Waals surface area (Å²) in [7, 11) is 0.